The molecule has 4 nitrogen and oxygen atoms in total. The van der Waals surface area contributed by atoms with Crippen LogP contribution in [0.3, 0.4) is 0 Å². The number of methoxy groups -OCH3 is 1. The zero-order chi connectivity index (χ0) is 15.9. The Morgan fingerprint density at radius 1 is 1.18 bits per heavy atom. The molecule has 0 saturated heterocycles. The Morgan fingerprint density at radius 2 is 2.00 bits per heavy atom. The molecule has 0 spiro atoms. The van der Waals surface area contributed by atoms with Gasteiger partial charge in [-0.05, 0) is 48.2 Å². The highest BCUT2D eigenvalue weighted by molar-refractivity contribution is 5.67. The molecule has 0 bridgehead atoms. The lowest BCUT2D eigenvalue weighted by Crippen LogP contribution is -2.02. The summed E-state index contributed by atoms with van der Waals surface area (Å²) in [7, 11) is 1.67. The van der Waals surface area contributed by atoms with Gasteiger partial charge < -0.3 is 15.2 Å². The van der Waals surface area contributed by atoms with Gasteiger partial charge >= 0.3 is 5.97 Å². The van der Waals surface area contributed by atoms with Gasteiger partial charge in [0.2, 0.25) is 0 Å². The van der Waals surface area contributed by atoms with Gasteiger partial charge in [-0.15, -0.1) is 0 Å². The predicted molar refractivity (Wildman–Crippen MR) is 87.5 cm³/mol. The fourth-order valence-corrected chi connectivity index (χ4v) is 2.27. The third-order valence-corrected chi connectivity index (χ3v) is 3.52. The highest BCUT2D eigenvalue weighted by Gasteiger charge is 2.02. The summed E-state index contributed by atoms with van der Waals surface area (Å²) in [6, 6.07) is 14.0. The molecule has 2 rings (SSSR count). The van der Waals surface area contributed by atoms with Gasteiger partial charge in [-0.25, -0.2) is 0 Å². The second-order valence-electron chi connectivity index (χ2n) is 5.25. The van der Waals surface area contributed by atoms with E-state index in [0.717, 1.165) is 28.1 Å². The van der Waals surface area contributed by atoms with Crippen molar-refractivity contribution in [2.45, 2.75) is 26.3 Å². The Morgan fingerprint density at radius 3 is 2.73 bits per heavy atom. The SMILES string of the molecule is COc1cc(CNc2cccc(CCC(=O)O)c2)ccc1C. The quantitative estimate of drug-likeness (QED) is 0.819. The molecule has 0 aliphatic rings. The van der Waals surface area contributed by atoms with Gasteiger partial charge in [0.25, 0.3) is 0 Å². The van der Waals surface area contributed by atoms with E-state index < -0.39 is 5.97 Å². The van der Waals surface area contributed by atoms with E-state index in [1.165, 1.54) is 0 Å². The van der Waals surface area contributed by atoms with Crippen molar-refractivity contribution in [2.75, 3.05) is 12.4 Å². The molecule has 2 aromatic rings. The number of carboxylic acids is 1. The average Bonchev–Trinajstić information content (AvgIpc) is 2.52. The van der Waals surface area contributed by atoms with Crippen LogP contribution in [0.4, 0.5) is 5.69 Å². The van der Waals surface area contributed by atoms with Crippen molar-refractivity contribution in [3.8, 4) is 5.75 Å². The predicted octanol–water partition coefficient (Wildman–Crippen LogP) is 3.63. The molecule has 22 heavy (non-hydrogen) atoms. The number of carbonyl (C=O) groups is 1. The summed E-state index contributed by atoms with van der Waals surface area (Å²) in [6.45, 7) is 2.71. The highest BCUT2D eigenvalue weighted by atomic mass is 16.5. The van der Waals surface area contributed by atoms with Crippen molar-refractivity contribution in [2.24, 2.45) is 0 Å². The second kappa shape index (κ2) is 7.50. The monoisotopic (exact) mass is 299 g/mol. The summed E-state index contributed by atoms with van der Waals surface area (Å²) in [5, 5.41) is 12.1. The van der Waals surface area contributed by atoms with Crippen LogP contribution in [-0.4, -0.2) is 18.2 Å². The Hall–Kier alpha value is -2.49. The third kappa shape index (κ3) is 4.52. The molecule has 0 atom stereocenters. The van der Waals surface area contributed by atoms with Gasteiger partial charge in [-0.3, -0.25) is 4.79 Å². The maximum absolute atomic E-state index is 10.6. The minimum Gasteiger partial charge on any atom is -0.496 e. The number of nitrogens with one attached hydrogen (secondary N) is 1. The van der Waals surface area contributed by atoms with Crippen LogP contribution in [0.2, 0.25) is 0 Å². The maximum Gasteiger partial charge on any atom is 0.303 e. The van der Waals surface area contributed by atoms with Crippen molar-refractivity contribution in [3.63, 3.8) is 0 Å². The van der Waals surface area contributed by atoms with E-state index in [1.807, 2.05) is 43.3 Å². The molecule has 2 aromatic carbocycles. The lowest BCUT2D eigenvalue weighted by molar-refractivity contribution is -0.136. The van der Waals surface area contributed by atoms with Crippen LogP contribution in [0.1, 0.15) is 23.1 Å². The molecule has 0 unspecified atom stereocenters. The van der Waals surface area contributed by atoms with Gasteiger partial charge in [0.05, 0.1) is 7.11 Å². The van der Waals surface area contributed by atoms with Gasteiger partial charge in [0.1, 0.15) is 5.75 Å². The molecule has 2 N–H and O–H groups in total. The first kappa shape index (κ1) is 15.9. The molecule has 116 valence electrons. The van der Waals surface area contributed by atoms with Crippen LogP contribution < -0.4 is 10.1 Å². The zero-order valence-electron chi connectivity index (χ0n) is 12.9. The number of hydrogen-bond donors (Lipinski definition) is 2. The zero-order valence-corrected chi connectivity index (χ0v) is 12.9. The van der Waals surface area contributed by atoms with Crippen LogP contribution in [0.5, 0.6) is 5.75 Å². The Labute approximate surface area is 130 Å². The molecular weight excluding hydrogens is 278 g/mol. The van der Waals surface area contributed by atoms with Crippen molar-refractivity contribution < 1.29 is 14.6 Å². The summed E-state index contributed by atoms with van der Waals surface area (Å²) < 4.78 is 5.33. The smallest absolute Gasteiger partial charge is 0.303 e. The van der Waals surface area contributed by atoms with Crippen molar-refractivity contribution in [3.05, 3.63) is 59.2 Å². The summed E-state index contributed by atoms with van der Waals surface area (Å²) in [6.07, 6.45) is 0.696. The van der Waals surface area contributed by atoms with E-state index in [4.69, 9.17) is 9.84 Å². The van der Waals surface area contributed by atoms with Gasteiger partial charge in [-0.2, -0.15) is 0 Å². The van der Waals surface area contributed by atoms with E-state index in [-0.39, 0.29) is 6.42 Å². The number of rotatable bonds is 7. The lowest BCUT2D eigenvalue weighted by atomic mass is 10.1. The average molecular weight is 299 g/mol. The molecule has 4 heteroatoms. The van der Waals surface area contributed by atoms with E-state index in [2.05, 4.69) is 11.4 Å². The molecule has 0 aliphatic heterocycles. The highest BCUT2D eigenvalue weighted by Crippen LogP contribution is 2.20. The van der Waals surface area contributed by atoms with Crippen LogP contribution >= 0.6 is 0 Å². The van der Waals surface area contributed by atoms with E-state index in [0.29, 0.717) is 13.0 Å². The van der Waals surface area contributed by atoms with Gasteiger partial charge in [-0.1, -0.05) is 24.3 Å². The first-order valence-corrected chi connectivity index (χ1v) is 7.26. The summed E-state index contributed by atoms with van der Waals surface area (Å²) >= 11 is 0. The Kier molecular flexibility index (Phi) is 5.42. The molecule has 0 heterocycles. The summed E-state index contributed by atoms with van der Waals surface area (Å²) in [5.41, 5.74) is 4.26. The van der Waals surface area contributed by atoms with E-state index >= 15 is 0 Å². The van der Waals surface area contributed by atoms with E-state index in [9.17, 15) is 4.79 Å². The number of ether oxygens (including phenoxy) is 1. The standard InChI is InChI=1S/C18H21NO3/c1-13-6-7-15(11-17(13)22-2)12-19-16-5-3-4-14(10-16)8-9-18(20)21/h3-7,10-11,19H,8-9,12H2,1-2H3,(H,20,21). The Balaban J connectivity index is 1.99. The topological polar surface area (TPSA) is 58.6 Å². The molecule has 0 fully saturated rings. The van der Waals surface area contributed by atoms with Crippen molar-refractivity contribution >= 4 is 11.7 Å². The first-order chi connectivity index (χ1) is 10.6. The van der Waals surface area contributed by atoms with Gasteiger partial charge in [0.15, 0.2) is 0 Å². The number of aliphatic carboxylic acids is 1. The van der Waals surface area contributed by atoms with Gasteiger partial charge in [0, 0.05) is 18.7 Å². The third-order valence-electron chi connectivity index (χ3n) is 3.52. The second-order valence-corrected chi connectivity index (χ2v) is 5.25. The number of carboxylic acid groups (broad SMARTS) is 1. The largest absolute Gasteiger partial charge is 0.496 e. The molecule has 0 radical (unpaired) electrons. The van der Waals surface area contributed by atoms with Crippen molar-refractivity contribution in [1.82, 2.24) is 0 Å². The van der Waals surface area contributed by atoms with Crippen LogP contribution in [-0.2, 0) is 17.8 Å². The number of hydrogen-bond acceptors (Lipinski definition) is 3. The van der Waals surface area contributed by atoms with Crippen LogP contribution in [0.25, 0.3) is 0 Å². The number of aryl methyl sites for hydroxylation is 2. The van der Waals surface area contributed by atoms with E-state index in [1.54, 1.807) is 7.11 Å². The fourth-order valence-electron chi connectivity index (χ4n) is 2.27. The lowest BCUT2D eigenvalue weighted by Gasteiger charge is -2.10. The summed E-state index contributed by atoms with van der Waals surface area (Å²) in [4.78, 5) is 10.6. The van der Waals surface area contributed by atoms with Crippen LogP contribution in [0.15, 0.2) is 42.5 Å². The minimum atomic E-state index is -0.773. The van der Waals surface area contributed by atoms with Crippen LogP contribution in [0, 0.1) is 6.92 Å². The molecule has 0 amide bonds. The fraction of sp³-hybridized carbons (Fsp3) is 0.278. The summed E-state index contributed by atoms with van der Waals surface area (Å²) in [5.74, 6) is 0.111. The Bertz CT molecular complexity index is 653. The van der Waals surface area contributed by atoms with Crippen molar-refractivity contribution in [1.29, 1.82) is 0 Å². The molecule has 0 aliphatic carbocycles. The normalized spacial score (nSPS) is 10.3. The molecule has 0 saturated carbocycles. The number of benzene rings is 2. The number of anilines is 1. The molecular formula is C18H21NO3. The minimum absolute atomic E-state index is 0.151. The molecule has 0 aromatic heterocycles. The first-order valence-electron chi connectivity index (χ1n) is 7.26. The maximum atomic E-state index is 10.6.